The SMILES string of the molecule is CS[CH]SC. The van der Waals surface area contributed by atoms with Gasteiger partial charge in [0.2, 0.25) is 0 Å². The Hall–Kier alpha value is 0.700. The lowest BCUT2D eigenvalue weighted by Crippen LogP contribution is -1.45. The Morgan fingerprint density at radius 1 is 1.20 bits per heavy atom. The van der Waals surface area contributed by atoms with E-state index in [9.17, 15) is 0 Å². The van der Waals surface area contributed by atoms with Crippen LogP contribution in [0.4, 0.5) is 0 Å². The van der Waals surface area contributed by atoms with Gasteiger partial charge in [0.05, 0.1) is 5.08 Å². The molecule has 0 aromatic heterocycles. The second-order valence-electron chi connectivity index (χ2n) is 0.568. The van der Waals surface area contributed by atoms with Crippen LogP contribution < -0.4 is 0 Å². The summed E-state index contributed by atoms with van der Waals surface area (Å²) in [5.41, 5.74) is 0. The Kier molecular flexibility index (Phi) is 5.36. The number of thioether (sulfide) groups is 2. The van der Waals surface area contributed by atoms with E-state index < -0.39 is 0 Å². The summed E-state index contributed by atoms with van der Waals surface area (Å²) in [5, 5.41) is 2.08. The lowest BCUT2D eigenvalue weighted by Gasteiger charge is -1.79. The van der Waals surface area contributed by atoms with Crippen LogP contribution in [-0.2, 0) is 0 Å². The van der Waals surface area contributed by atoms with Crippen LogP contribution in [-0.4, -0.2) is 12.5 Å². The van der Waals surface area contributed by atoms with Gasteiger partial charge in [0.15, 0.2) is 0 Å². The minimum absolute atomic E-state index is 1.74. The highest BCUT2D eigenvalue weighted by molar-refractivity contribution is 8.18. The minimum atomic E-state index is 1.74. The van der Waals surface area contributed by atoms with E-state index in [1.807, 2.05) is 0 Å². The third-order valence-electron chi connectivity index (χ3n) is 0.192. The maximum Gasteiger partial charge on any atom is 0.0706 e. The molecule has 0 aromatic carbocycles. The Labute approximate surface area is 41.7 Å². The molecule has 0 amide bonds. The van der Waals surface area contributed by atoms with Crippen molar-refractivity contribution in [2.75, 3.05) is 12.5 Å². The lowest BCUT2D eigenvalue weighted by atomic mass is 11.9. The van der Waals surface area contributed by atoms with Crippen LogP contribution in [0.1, 0.15) is 0 Å². The van der Waals surface area contributed by atoms with Crippen LogP contribution in [0.15, 0.2) is 0 Å². The highest BCUT2D eigenvalue weighted by Gasteiger charge is 1.68. The summed E-state index contributed by atoms with van der Waals surface area (Å²) in [6, 6.07) is 0. The van der Waals surface area contributed by atoms with Gasteiger partial charge in [0, 0.05) is 0 Å². The standard InChI is InChI=1S/C3H7S2/c1-4-3-5-2/h3H,1-2H3. The largest absolute Gasteiger partial charge is 0.149 e. The smallest absolute Gasteiger partial charge is 0.0706 e. The molecule has 31 valence electrons. The molecule has 2 heteroatoms. The van der Waals surface area contributed by atoms with E-state index in [0.717, 1.165) is 0 Å². The van der Waals surface area contributed by atoms with Crippen LogP contribution in [0.2, 0.25) is 0 Å². The molecule has 5 heavy (non-hydrogen) atoms. The number of hydrogen-bond acceptors (Lipinski definition) is 2. The lowest BCUT2D eigenvalue weighted by molar-refractivity contribution is 2.40. The van der Waals surface area contributed by atoms with Crippen molar-refractivity contribution in [3.05, 3.63) is 5.08 Å². The van der Waals surface area contributed by atoms with Crippen molar-refractivity contribution in [1.29, 1.82) is 0 Å². The molecule has 0 nitrogen and oxygen atoms in total. The second-order valence-corrected chi connectivity index (χ2v) is 2.28. The van der Waals surface area contributed by atoms with Gasteiger partial charge < -0.3 is 0 Å². The van der Waals surface area contributed by atoms with Gasteiger partial charge in [-0.2, -0.15) is 0 Å². The van der Waals surface area contributed by atoms with Crippen LogP contribution in [0.25, 0.3) is 0 Å². The summed E-state index contributed by atoms with van der Waals surface area (Å²) in [4.78, 5) is 0. The average Bonchev–Trinajstić information content (AvgIpc) is 1.41. The normalized spacial score (nSPS) is 8.40. The summed E-state index contributed by atoms with van der Waals surface area (Å²) in [5.74, 6) is 0. The van der Waals surface area contributed by atoms with E-state index in [0.29, 0.717) is 0 Å². The molecule has 0 unspecified atom stereocenters. The van der Waals surface area contributed by atoms with Crippen molar-refractivity contribution >= 4 is 23.5 Å². The average molecular weight is 107 g/mol. The summed E-state index contributed by atoms with van der Waals surface area (Å²) >= 11 is 3.48. The van der Waals surface area contributed by atoms with Gasteiger partial charge in [0.1, 0.15) is 0 Å². The highest BCUT2D eigenvalue weighted by Crippen LogP contribution is 2.09. The summed E-state index contributed by atoms with van der Waals surface area (Å²) < 4.78 is 0. The Bertz CT molecular complexity index is 12.4. The van der Waals surface area contributed by atoms with Crippen LogP contribution >= 0.6 is 23.5 Å². The Balaban J connectivity index is 2.19. The van der Waals surface area contributed by atoms with Crippen molar-refractivity contribution in [3.8, 4) is 0 Å². The monoisotopic (exact) mass is 107 g/mol. The van der Waals surface area contributed by atoms with Gasteiger partial charge >= 0.3 is 0 Å². The van der Waals surface area contributed by atoms with Gasteiger partial charge in [0.25, 0.3) is 0 Å². The minimum Gasteiger partial charge on any atom is -0.149 e. The highest BCUT2D eigenvalue weighted by atomic mass is 32.2. The zero-order valence-electron chi connectivity index (χ0n) is 3.39. The molecule has 0 bridgehead atoms. The molecule has 0 fully saturated rings. The van der Waals surface area contributed by atoms with E-state index in [4.69, 9.17) is 0 Å². The van der Waals surface area contributed by atoms with Crippen LogP contribution in [0.3, 0.4) is 0 Å². The molecule has 1 radical (unpaired) electrons. The topological polar surface area (TPSA) is 0 Å². The van der Waals surface area contributed by atoms with Gasteiger partial charge in [-0.3, -0.25) is 0 Å². The second kappa shape index (κ2) is 4.70. The molecule has 0 saturated heterocycles. The number of hydrogen-bond donors (Lipinski definition) is 0. The predicted octanol–water partition coefficient (Wildman–Crippen LogP) is 1.83. The quantitative estimate of drug-likeness (QED) is 0.528. The zero-order chi connectivity index (χ0) is 4.12. The predicted molar refractivity (Wildman–Crippen MR) is 31.3 cm³/mol. The fraction of sp³-hybridized carbons (Fsp3) is 0.667. The van der Waals surface area contributed by atoms with Crippen molar-refractivity contribution in [2.24, 2.45) is 0 Å². The molecule has 0 saturated carbocycles. The van der Waals surface area contributed by atoms with Crippen molar-refractivity contribution in [3.63, 3.8) is 0 Å². The Morgan fingerprint density at radius 2 is 1.60 bits per heavy atom. The van der Waals surface area contributed by atoms with Crippen LogP contribution in [0.5, 0.6) is 0 Å². The van der Waals surface area contributed by atoms with Crippen LogP contribution in [0, 0.1) is 5.08 Å². The third kappa shape index (κ3) is 4.70. The maximum atomic E-state index is 2.08. The van der Waals surface area contributed by atoms with E-state index >= 15 is 0 Å². The fourth-order valence-electron chi connectivity index (χ4n) is 0.0962. The van der Waals surface area contributed by atoms with Crippen molar-refractivity contribution < 1.29 is 0 Å². The Morgan fingerprint density at radius 3 is 1.60 bits per heavy atom. The molecule has 0 aliphatic heterocycles. The van der Waals surface area contributed by atoms with Gasteiger partial charge in [-0.1, -0.05) is 0 Å². The first-order chi connectivity index (χ1) is 2.41. The molecule has 0 heterocycles. The van der Waals surface area contributed by atoms with Crippen molar-refractivity contribution in [1.82, 2.24) is 0 Å². The fourth-order valence-corrected chi connectivity index (χ4v) is 0.866. The van der Waals surface area contributed by atoms with Gasteiger partial charge in [-0.15, -0.1) is 23.5 Å². The molecular formula is C3H7S2. The van der Waals surface area contributed by atoms with Gasteiger partial charge in [-0.05, 0) is 12.5 Å². The first-order valence-corrected chi connectivity index (χ1v) is 3.86. The molecule has 0 spiro atoms. The number of rotatable bonds is 2. The summed E-state index contributed by atoms with van der Waals surface area (Å²) in [7, 11) is 0. The maximum absolute atomic E-state index is 2.08. The van der Waals surface area contributed by atoms with Gasteiger partial charge in [-0.25, -0.2) is 0 Å². The first kappa shape index (κ1) is 5.70. The summed E-state index contributed by atoms with van der Waals surface area (Å²) in [6.07, 6.45) is 4.10. The molecule has 0 N–H and O–H groups in total. The third-order valence-corrected chi connectivity index (χ3v) is 1.73. The van der Waals surface area contributed by atoms with E-state index in [2.05, 4.69) is 17.6 Å². The van der Waals surface area contributed by atoms with E-state index in [1.54, 1.807) is 23.5 Å². The van der Waals surface area contributed by atoms with E-state index in [-0.39, 0.29) is 0 Å². The van der Waals surface area contributed by atoms with E-state index in [1.165, 1.54) is 0 Å². The molecule has 0 rings (SSSR count). The molecular weight excluding hydrogens is 100 g/mol. The first-order valence-electron chi connectivity index (χ1n) is 1.29. The summed E-state index contributed by atoms with van der Waals surface area (Å²) in [6.45, 7) is 0. The molecule has 0 atom stereocenters. The zero-order valence-corrected chi connectivity index (χ0v) is 5.03. The molecule has 0 aliphatic carbocycles. The molecule has 0 aliphatic rings. The molecule has 0 aromatic rings. The van der Waals surface area contributed by atoms with Crippen molar-refractivity contribution in [2.45, 2.75) is 0 Å².